The predicted molar refractivity (Wildman–Crippen MR) is 114 cm³/mol. The van der Waals surface area contributed by atoms with Crippen molar-refractivity contribution in [3.63, 3.8) is 0 Å². The summed E-state index contributed by atoms with van der Waals surface area (Å²) in [7, 11) is 1.48. The Morgan fingerprint density at radius 2 is 1.90 bits per heavy atom. The predicted octanol–water partition coefficient (Wildman–Crippen LogP) is 4.48. The lowest BCUT2D eigenvalue weighted by Crippen LogP contribution is -2.29. The van der Waals surface area contributed by atoms with Crippen LogP contribution in [0.4, 0.5) is 5.13 Å². The van der Waals surface area contributed by atoms with Crippen LogP contribution < -0.4 is 9.64 Å². The van der Waals surface area contributed by atoms with E-state index in [1.54, 1.807) is 42.5 Å². The molecule has 0 radical (unpaired) electrons. The van der Waals surface area contributed by atoms with Gasteiger partial charge in [0.1, 0.15) is 17.0 Å². The molecule has 7 nitrogen and oxygen atoms in total. The van der Waals surface area contributed by atoms with Gasteiger partial charge in [-0.3, -0.25) is 14.5 Å². The molecule has 1 atom stereocenters. The van der Waals surface area contributed by atoms with Gasteiger partial charge in [-0.05, 0) is 42.0 Å². The van der Waals surface area contributed by atoms with Crippen LogP contribution in [0.2, 0.25) is 10.0 Å². The van der Waals surface area contributed by atoms with E-state index in [0.29, 0.717) is 26.9 Å². The SMILES string of the molecule is COc1ccc(C2/C(=C(\O)c3ccc(Cl)cc3)C(=O)C(=O)N2c2nncs2)cc1Cl. The second-order valence-electron chi connectivity index (χ2n) is 6.29. The summed E-state index contributed by atoms with van der Waals surface area (Å²) in [4.78, 5) is 27.0. The molecule has 1 unspecified atom stereocenters. The van der Waals surface area contributed by atoms with Gasteiger partial charge in [0.15, 0.2) is 0 Å². The molecule has 4 rings (SSSR count). The summed E-state index contributed by atoms with van der Waals surface area (Å²) in [5.74, 6) is -1.55. The summed E-state index contributed by atoms with van der Waals surface area (Å²) in [6.07, 6.45) is 0. The summed E-state index contributed by atoms with van der Waals surface area (Å²) in [6.45, 7) is 0. The average molecular weight is 462 g/mol. The molecule has 152 valence electrons. The Bertz CT molecular complexity index is 1160. The topological polar surface area (TPSA) is 92.6 Å². The van der Waals surface area contributed by atoms with Gasteiger partial charge in [-0.15, -0.1) is 10.2 Å². The fourth-order valence-corrected chi connectivity index (χ4v) is 4.21. The van der Waals surface area contributed by atoms with E-state index in [9.17, 15) is 14.7 Å². The summed E-state index contributed by atoms with van der Waals surface area (Å²) < 4.78 is 5.19. The van der Waals surface area contributed by atoms with Crippen LogP contribution in [0.25, 0.3) is 5.76 Å². The number of carbonyl (C=O) groups is 2. The van der Waals surface area contributed by atoms with Crippen LogP contribution in [0.5, 0.6) is 5.75 Å². The molecular weight excluding hydrogens is 449 g/mol. The minimum atomic E-state index is -0.947. The number of benzene rings is 2. The van der Waals surface area contributed by atoms with Crippen LogP contribution in [0, 0.1) is 0 Å². The fourth-order valence-electron chi connectivity index (χ4n) is 3.23. The van der Waals surface area contributed by atoms with E-state index in [1.165, 1.54) is 17.5 Å². The Morgan fingerprint density at radius 3 is 2.50 bits per heavy atom. The van der Waals surface area contributed by atoms with Gasteiger partial charge in [0.2, 0.25) is 5.13 Å². The molecule has 3 aromatic rings. The fraction of sp³-hybridized carbons (Fsp3) is 0.100. The number of hydrogen-bond acceptors (Lipinski definition) is 7. The summed E-state index contributed by atoms with van der Waals surface area (Å²) in [5.41, 5.74) is 2.22. The van der Waals surface area contributed by atoms with Crippen molar-refractivity contribution < 1.29 is 19.4 Å². The van der Waals surface area contributed by atoms with Crippen LogP contribution in [0.1, 0.15) is 17.2 Å². The number of carbonyl (C=O) groups excluding carboxylic acids is 2. The molecular formula is C20H13Cl2N3O4S. The third-order valence-corrected chi connectivity index (χ3v) is 5.84. The van der Waals surface area contributed by atoms with Crippen molar-refractivity contribution in [2.45, 2.75) is 6.04 Å². The van der Waals surface area contributed by atoms with Gasteiger partial charge in [-0.1, -0.05) is 40.6 Å². The van der Waals surface area contributed by atoms with E-state index < -0.39 is 17.7 Å². The summed E-state index contributed by atoms with van der Waals surface area (Å²) in [5, 5.41) is 19.7. The highest BCUT2D eigenvalue weighted by Crippen LogP contribution is 2.43. The van der Waals surface area contributed by atoms with Crippen molar-refractivity contribution in [3.8, 4) is 5.75 Å². The van der Waals surface area contributed by atoms with Gasteiger partial charge in [0, 0.05) is 10.6 Å². The maximum Gasteiger partial charge on any atom is 0.301 e. The van der Waals surface area contributed by atoms with Crippen LogP contribution in [-0.4, -0.2) is 34.1 Å². The summed E-state index contributed by atoms with van der Waals surface area (Å²) in [6, 6.07) is 10.2. The number of anilines is 1. The molecule has 0 aliphatic carbocycles. The quantitative estimate of drug-likeness (QED) is 0.349. The van der Waals surface area contributed by atoms with E-state index >= 15 is 0 Å². The molecule has 10 heteroatoms. The van der Waals surface area contributed by atoms with Gasteiger partial charge in [-0.25, -0.2) is 0 Å². The molecule has 1 amide bonds. The van der Waals surface area contributed by atoms with Crippen molar-refractivity contribution in [1.82, 2.24) is 10.2 Å². The molecule has 1 N–H and O–H groups in total. The monoisotopic (exact) mass is 461 g/mol. The van der Waals surface area contributed by atoms with Crippen LogP contribution in [0.3, 0.4) is 0 Å². The van der Waals surface area contributed by atoms with Crippen molar-refractivity contribution in [3.05, 3.63) is 74.7 Å². The maximum atomic E-state index is 12.9. The first kappa shape index (κ1) is 20.3. The van der Waals surface area contributed by atoms with Crippen LogP contribution in [0.15, 0.2) is 53.5 Å². The highest BCUT2D eigenvalue weighted by molar-refractivity contribution is 7.13. The van der Waals surface area contributed by atoms with Gasteiger partial charge in [0.05, 0.1) is 23.7 Å². The number of aliphatic hydroxyl groups is 1. The first-order valence-electron chi connectivity index (χ1n) is 8.59. The highest BCUT2D eigenvalue weighted by Gasteiger charge is 2.48. The normalized spacial score (nSPS) is 18.1. The van der Waals surface area contributed by atoms with E-state index in [-0.39, 0.29) is 16.5 Å². The molecule has 1 aromatic heterocycles. The number of nitrogens with zero attached hydrogens (tertiary/aromatic N) is 3. The van der Waals surface area contributed by atoms with E-state index in [0.717, 1.165) is 11.3 Å². The number of aromatic nitrogens is 2. The standard InChI is InChI=1S/C20H13Cl2N3O4S/c1-29-14-7-4-11(8-13(14)22)16-15(17(26)10-2-5-12(21)6-3-10)18(27)19(28)25(16)20-24-23-9-30-20/h2-9,16,26H,1H3/b17-15+. The van der Waals surface area contributed by atoms with Gasteiger partial charge in [0.25, 0.3) is 5.78 Å². The van der Waals surface area contributed by atoms with E-state index in [1.807, 2.05) is 0 Å². The number of amides is 1. The zero-order valence-electron chi connectivity index (χ0n) is 15.4. The number of Topliss-reactive ketones (excluding diaryl/α,β-unsaturated/α-hetero) is 1. The van der Waals surface area contributed by atoms with Crippen LogP contribution in [-0.2, 0) is 9.59 Å². The van der Waals surface area contributed by atoms with E-state index in [4.69, 9.17) is 27.9 Å². The van der Waals surface area contributed by atoms with Crippen molar-refractivity contribution in [2.24, 2.45) is 0 Å². The molecule has 0 saturated carbocycles. The molecule has 1 aliphatic rings. The zero-order chi connectivity index (χ0) is 21.4. The lowest BCUT2D eigenvalue weighted by molar-refractivity contribution is -0.132. The Morgan fingerprint density at radius 1 is 1.17 bits per heavy atom. The molecule has 1 aliphatic heterocycles. The van der Waals surface area contributed by atoms with Gasteiger partial charge >= 0.3 is 5.91 Å². The molecule has 0 spiro atoms. The Labute approximate surface area is 185 Å². The summed E-state index contributed by atoms with van der Waals surface area (Å²) >= 11 is 13.3. The largest absolute Gasteiger partial charge is 0.507 e. The van der Waals surface area contributed by atoms with Gasteiger partial charge < -0.3 is 9.84 Å². The lowest BCUT2D eigenvalue weighted by atomic mass is 9.95. The number of halogens is 2. The van der Waals surface area contributed by atoms with Gasteiger partial charge in [-0.2, -0.15) is 0 Å². The number of ether oxygens (including phenoxy) is 1. The van der Waals surface area contributed by atoms with Crippen LogP contribution >= 0.6 is 34.5 Å². The number of aliphatic hydroxyl groups excluding tert-OH is 1. The van der Waals surface area contributed by atoms with Crippen molar-refractivity contribution in [2.75, 3.05) is 12.0 Å². The number of hydrogen-bond donors (Lipinski definition) is 1. The average Bonchev–Trinajstić information content (AvgIpc) is 3.35. The number of ketones is 1. The second kappa shape index (κ2) is 8.06. The highest BCUT2D eigenvalue weighted by atomic mass is 35.5. The minimum absolute atomic E-state index is 0.0845. The zero-order valence-corrected chi connectivity index (χ0v) is 17.7. The first-order chi connectivity index (χ1) is 14.4. The number of methoxy groups -OCH3 is 1. The Hall–Kier alpha value is -2.94. The molecule has 1 fully saturated rings. The first-order valence-corrected chi connectivity index (χ1v) is 10.2. The molecule has 2 heterocycles. The number of rotatable bonds is 4. The Balaban J connectivity index is 1.94. The Kier molecular flexibility index (Phi) is 5.46. The second-order valence-corrected chi connectivity index (χ2v) is 7.95. The molecule has 30 heavy (non-hydrogen) atoms. The van der Waals surface area contributed by atoms with Crippen molar-refractivity contribution in [1.29, 1.82) is 0 Å². The smallest absolute Gasteiger partial charge is 0.301 e. The molecule has 2 aromatic carbocycles. The minimum Gasteiger partial charge on any atom is -0.507 e. The van der Waals surface area contributed by atoms with Crippen molar-refractivity contribution >= 4 is 57.1 Å². The van der Waals surface area contributed by atoms with E-state index in [2.05, 4.69) is 10.2 Å². The maximum absolute atomic E-state index is 12.9. The third kappa shape index (κ3) is 3.43. The molecule has 1 saturated heterocycles. The third-order valence-electron chi connectivity index (χ3n) is 4.61. The molecule has 0 bridgehead atoms. The lowest BCUT2D eigenvalue weighted by Gasteiger charge is -2.23.